The second-order valence-corrected chi connectivity index (χ2v) is 8.03. The van der Waals surface area contributed by atoms with Crippen molar-refractivity contribution in [2.24, 2.45) is 11.7 Å². The molecule has 0 bridgehead atoms. The first-order valence-corrected chi connectivity index (χ1v) is 10.3. The van der Waals surface area contributed by atoms with E-state index in [9.17, 15) is 19.5 Å². The number of ketones is 1. The van der Waals surface area contributed by atoms with Gasteiger partial charge in [-0.15, -0.1) is 0 Å². The van der Waals surface area contributed by atoms with Crippen LogP contribution >= 0.6 is 0 Å². The van der Waals surface area contributed by atoms with Gasteiger partial charge in [-0.05, 0) is 25.3 Å². The van der Waals surface area contributed by atoms with Crippen LogP contribution in [0.2, 0.25) is 0 Å². The van der Waals surface area contributed by atoms with Crippen LogP contribution in [-0.2, 0) is 30.5 Å². The van der Waals surface area contributed by atoms with Crippen molar-refractivity contribution in [2.75, 3.05) is 13.2 Å². The van der Waals surface area contributed by atoms with E-state index < -0.39 is 41.4 Å². The number of carboxylic acid groups (broad SMARTS) is 1. The summed E-state index contributed by atoms with van der Waals surface area (Å²) in [7, 11) is 0. The Bertz CT molecular complexity index is 751. The molecule has 0 amide bonds. The van der Waals surface area contributed by atoms with E-state index in [1.54, 1.807) is 20.8 Å². The third kappa shape index (κ3) is 4.88. The minimum absolute atomic E-state index is 0.0852. The van der Waals surface area contributed by atoms with Gasteiger partial charge >= 0.3 is 11.9 Å². The van der Waals surface area contributed by atoms with Crippen molar-refractivity contribution in [3.8, 4) is 0 Å². The Morgan fingerprint density at radius 3 is 2.37 bits per heavy atom. The van der Waals surface area contributed by atoms with Crippen molar-refractivity contribution >= 4 is 17.7 Å². The molecular formula is C22H32N2O6. The van der Waals surface area contributed by atoms with Crippen molar-refractivity contribution in [1.29, 1.82) is 0 Å². The second-order valence-electron chi connectivity index (χ2n) is 8.03. The number of hydrogen-bond acceptors (Lipinski definition) is 7. The van der Waals surface area contributed by atoms with Gasteiger partial charge in [0.05, 0.1) is 25.4 Å². The van der Waals surface area contributed by atoms with E-state index in [1.165, 1.54) is 11.8 Å². The quantitative estimate of drug-likeness (QED) is 0.433. The number of esters is 1. The molecule has 1 saturated heterocycles. The Labute approximate surface area is 177 Å². The average molecular weight is 421 g/mol. The summed E-state index contributed by atoms with van der Waals surface area (Å²) in [5.74, 6) is -2.81. The van der Waals surface area contributed by atoms with Gasteiger partial charge in [0.15, 0.2) is 11.3 Å². The van der Waals surface area contributed by atoms with Crippen LogP contribution in [0.15, 0.2) is 30.3 Å². The molecule has 30 heavy (non-hydrogen) atoms. The maximum Gasteiger partial charge on any atom is 0.332 e. The van der Waals surface area contributed by atoms with Crippen LogP contribution in [0, 0.1) is 5.92 Å². The first kappa shape index (κ1) is 24.0. The van der Waals surface area contributed by atoms with Gasteiger partial charge in [-0.1, -0.05) is 44.2 Å². The molecule has 166 valence electrons. The van der Waals surface area contributed by atoms with E-state index in [1.807, 2.05) is 30.3 Å². The van der Waals surface area contributed by atoms with Gasteiger partial charge in [0.1, 0.15) is 6.04 Å². The van der Waals surface area contributed by atoms with Crippen molar-refractivity contribution in [3.63, 3.8) is 0 Å². The molecule has 1 aliphatic rings. The summed E-state index contributed by atoms with van der Waals surface area (Å²) in [6.07, 6.45) is -0.641. The molecule has 2 rings (SSSR count). The van der Waals surface area contributed by atoms with Crippen molar-refractivity contribution in [1.82, 2.24) is 4.90 Å². The minimum Gasteiger partial charge on any atom is -0.480 e. The van der Waals surface area contributed by atoms with Crippen LogP contribution in [0.1, 0.15) is 39.7 Å². The van der Waals surface area contributed by atoms with Crippen LogP contribution in [0.5, 0.6) is 0 Å². The van der Waals surface area contributed by atoms with E-state index in [0.717, 1.165) is 5.56 Å². The van der Waals surface area contributed by atoms with Gasteiger partial charge in [-0.25, -0.2) is 4.79 Å². The standard InChI is InChI=1S/C22H32N2O6/c1-5-29-20(26)18(14(2)3)24-12-17(30-13-16-9-7-6-8-10-16)11-22(24,21(27)28)19(25)15(4)23/h6-10,14-15,17-18H,5,11-13,23H2,1-4H3,(H,27,28)/t15-,17-,18?,22-/m0/s1. The molecular weight excluding hydrogens is 388 g/mol. The summed E-state index contributed by atoms with van der Waals surface area (Å²) in [6, 6.07) is 7.55. The molecule has 0 saturated carbocycles. The van der Waals surface area contributed by atoms with Crippen LogP contribution in [-0.4, -0.2) is 64.6 Å². The van der Waals surface area contributed by atoms with Crippen LogP contribution < -0.4 is 5.73 Å². The molecule has 1 unspecified atom stereocenters. The molecule has 0 aliphatic carbocycles. The highest BCUT2D eigenvalue weighted by Gasteiger charge is 2.61. The van der Waals surface area contributed by atoms with Crippen LogP contribution in [0.4, 0.5) is 0 Å². The highest BCUT2D eigenvalue weighted by Crippen LogP contribution is 2.37. The first-order valence-electron chi connectivity index (χ1n) is 10.3. The summed E-state index contributed by atoms with van der Waals surface area (Å²) in [4.78, 5) is 39.7. The molecule has 1 heterocycles. The lowest BCUT2D eigenvalue weighted by molar-refractivity contribution is -0.164. The van der Waals surface area contributed by atoms with Gasteiger partial charge in [-0.3, -0.25) is 14.5 Å². The average Bonchev–Trinajstić information content (AvgIpc) is 3.06. The third-order valence-electron chi connectivity index (χ3n) is 5.41. The Balaban J connectivity index is 2.41. The zero-order valence-electron chi connectivity index (χ0n) is 18.0. The largest absolute Gasteiger partial charge is 0.480 e. The predicted octanol–water partition coefficient (Wildman–Crippen LogP) is 1.60. The number of benzene rings is 1. The number of rotatable bonds is 10. The molecule has 4 atom stereocenters. The Morgan fingerprint density at radius 2 is 1.87 bits per heavy atom. The summed E-state index contributed by atoms with van der Waals surface area (Å²) >= 11 is 0. The van der Waals surface area contributed by atoms with Gasteiger partial charge in [0.2, 0.25) is 0 Å². The smallest absolute Gasteiger partial charge is 0.332 e. The molecule has 1 fully saturated rings. The molecule has 0 spiro atoms. The monoisotopic (exact) mass is 420 g/mol. The fraction of sp³-hybridized carbons (Fsp3) is 0.591. The van der Waals surface area contributed by atoms with Crippen molar-refractivity contribution in [2.45, 2.75) is 64.4 Å². The lowest BCUT2D eigenvalue weighted by atomic mass is 9.84. The zero-order chi connectivity index (χ0) is 22.5. The fourth-order valence-corrected chi connectivity index (χ4v) is 4.06. The van der Waals surface area contributed by atoms with E-state index in [4.69, 9.17) is 15.2 Å². The number of likely N-dealkylation sites (tertiary alicyclic amines) is 1. The minimum atomic E-state index is -1.95. The number of carboxylic acids is 1. The number of carbonyl (C=O) groups is 3. The topological polar surface area (TPSA) is 119 Å². The summed E-state index contributed by atoms with van der Waals surface area (Å²) in [5, 5.41) is 10.2. The van der Waals surface area contributed by atoms with Crippen LogP contribution in [0.25, 0.3) is 0 Å². The fourth-order valence-electron chi connectivity index (χ4n) is 4.06. The van der Waals surface area contributed by atoms with Gasteiger partial charge in [0.25, 0.3) is 0 Å². The van der Waals surface area contributed by atoms with E-state index >= 15 is 0 Å². The maximum absolute atomic E-state index is 13.1. The van der Waals surface area contributed by atoms with Crippen LogP contribution in [0.3, 0.4) is 0 Å². The van der Waals surface area contributed by atoms with E-state index in [0.29, 0.717) is 0 Å². The van der Waals surface area contributed by atoms with E-state index in [2.05, 4.69) is 0 Å². The van der Waals surface area contributed by atoms with Gasteiger partial charge in [-0.2, -0.15) is 0 Å². The number of hydrogen-bond donors (Lipinski definition) is 2. The molecule has 1 aromatic carbocycles. The highest BCUT2D eigenvalue weighted by atomic mass is 16.5. The SMILES string of the molecule is CCOC(=O)C(C(C)C)N1C[C@@H](OCc2ccccc2)C[C@@]1(C(=O)O)C(=O)[C@H](C)N. The number of ether oxygens (including phenoxy) is 2. The molecule has 0 aromatic heterocycles. The molecule has 8 heteroatoms. The van der Waals surface area contributed by atoms with E-state index in [-0.39, 0.29) is 32.1 Å². The zero-order valence-corrected chi connectivity index (χ0v) is 18.0. The van der Waals surface area contributed by atoms with Crippen molar-refractivity contribution < 1.29 is 29.0 Å². The number of aliphatic carboxylic acids is 1. The summed E-state index contributed by atoms with van der Waals surface area (Å²) < 4.78 is 11.2. The second kappa shape index (κ2) is 10.1. The lowest BCUT2D eigenvalue weighted by Gasteiger charge is -2.39. The molecule has 1 aliphatic heterocycles. The van der Waals surface area contributed by atoms with Crippen molar-refractivity contribution in [3.05, 3.63) is 35.9 Å². The highest BCUT2D eigenvalue weighted by molar-refractivity contribution is 6.10. The third-order valence-corrected chi connectivity index (χ3v) is 5.41. The Hall–Kier alpha value is -2.29. The number of nitrogens with two attached hydrogens (primary N) is 1. The first-order chi connectivity index (χ1) is 14.1. The normalized spacial score (nSPS) is 23.9. The molecule has 3 N–H and O–H groups in total. The Kier molecular flexibility index (Phi) is 8.11. The van der Waals surface area contributed by atoms with Gasteiger partial charge < -0.3 is 20.3 Å². The van der Waals surface area contributed by atoms with Gasteiger partial charge in [0, 0.05) is 13.0 Å². The maximum atomic E-state index is 13.1. The number of carbonyl (C=O) groups excluding carboxylic acids is 2. The number of nitrogens with zero attached hydrogens (tertiary/aromatic N) is 1. The molecule has 8 nitrogen and oxygen atoms in total. The Morgan fingerprint density at radius 1 is 1.23 bits per heavy atom. The lowest BCUT2D eigenvalue weighted by Crippen LogP contribution is -2.65. The summed E-state index contributed by atoms with van der Waals surface area (Å²) in [5.41, 5.74) is 4.81. The molecule has 1 aromatic rings. The molecule has 0 radical (unpaired) electrons. The summed E-state index contributed by atoms with van der Waals surface area (Å²) in [6.45, 7) is 7.27. The predicted molar refractivity (Wildman–Crippen MR) is 111 cm³/mol. The number of Topliss-reactive ketones (excluding diaryl/α,β-unsaturated/α-hetero) is 1.